The first kappa shape index (κ1) is 23.4. The summed E-state index contributed by atoms with van der Waals surface area (Å²) in [6, 6.07) is 12.7. The Labute approximate surface area is 201 Å². The molecule has 0 aliphatic rings. The number of benzene rings is 2. The van der Waals surface area contributed by atoms with Crippen LogP contribution in [-0.4, -0.2) is 34.5 Å². The zero-order valence-electron chi connectivity index (χ0n) is 19.4. The van der Waals surface area contributed by atoms with Crippen molar-refractivity contribution in [1.29, 1.82) is 0 Å². The maximum absolute atomic E-state index is 13.3. The van der Waals surface area contributed by atoms with E-state index in [0.717, 1.165) is 22.3 Å². The molecule has 0 atom stereocenters. The van der Waals surface area contributed by atoms with E-state index >= 15 is 0 Å². The number of carbonyl (C=O) groups is 1. The summed E-state index contributed by atoms with van der Waals surface area (Å²) in [5.41, 5.74) is 2.84. The van der Waals surface area contributed by atoms with Crippen LogP contribution in [0.3, 0.4) is 0 Å². The minimum absolute atomic E-state index is 0.234. The standard InChI is InChI=1S/C25H25ClN4O4/c1-15-21-12-27-30(14-23(31)28-18-9-19(33-3)11-20(10-18)34-4)25(32)24(21)16(2)29(15)13-17-7-5-6-8-22(17)26/h5-12H,13-14H2,1-4H3,(H,28,31). The van der Waals surface area contributed by atoms with Crippen molar-refractivity contribution >= 4 is 34.0 Å². The number of hydrogen-bond donors (Lipinski definition) is 1. The molecular weight excluding hydrogens is 456 g/mol. The van der Waals surface area contributed by atoms with E-state index in [1.54, 1.807) is 24.4 Å². The summed E-state index contributed by atoms with van der Waals surface area (Å²) in [6.45, 7) is 4.13. The summed E-state index contributed by atoms with van der Waals surface area (Å²) in [7, 11) is 3.06. The SMILES string of the molecule is COc1cc(NC(=O)Cn2ncc3c(C)n(Cc4ccccc4Cl)c(C)c3c2=O)cc(OC)c1. The summed E-state index contributed by atoms with van der Waals surface area (Å²) in [4.78, 5) is 26.0. The summed E-state index contributed by atoms with van der Waals surface area (Å²) in [6.07, 6.45) is 1.63. The van der Waals surface area contributed by atoms with Gasteiger partial charge >= 0.3 is 0 Å². The van der Waals surface area contributed by atoms with Crippen LogP contribution in [0.5, 0.6) is 11.5 Å². The summed E-state index contributed by atoms with van der Waals surface area (Å²) in [5.74, 6) is 0.684. The molecule has 2 aromatic carbocycles. The van der Waals surface area contributed by atoms with E-state index in [4.69, 9.17) is 21.1 Å². The number of anilines is 1. The van der Waals surface area contributed by atoms with Crippen molar-refractivity contribution in [3.05, 3.63) is 81.0 Å². The number of methoxy groups -OCH3 is 2. The Balaban J connectivity index is 1.63. The third kappa shape index (κ3) is 4.49. The molecule has 1 amide bonds. The summed E-state index contributed by atoms with van der Waals surface area (Å²) < 4.78 is 13.7. The average molecular weight is 481 g/mol. The Morgan fingerprint density at radius 2 is 1.74 bits per heavy atom. The Hall–Kier alpha value is -3.78. The van der Waals surface area contributed by atoms with Crippen molar-refractivity contribution < 1.29 is 14.3 Å². The molecule has 2 aromatic heterocycles. The number of aryl methyl sites for hydroxylation is 2. The zero-order valence-corrected chi connectivity index (χ0v) is 20.1. The fraction of sp³-hybridized carbons (Fsp3) is 0.240. The number of nitrogens with zero attached hydrogens (tertiary/aromatic N) is 3. The van der Waals surface area contributed by atoms with Gasteiger partial charge in [0.2, 0.25) is 5.91 Å². The van der Waals surface area contributed by atoms with Gasteiger partial charge in [0, 0.05) is 52.2 Å². The van der Waals surface area contributed by atoms with Crippen LogP contribution in [0.2, 0.25) is 5.02 Å². The van der Waals surface area contributed by atoms with Crippen LogP contribution in [0.15, 0.2) is 53.5 Å². The van der Waals surface area contributed by atoms with Crippen molar-refractivity contribution in [3.8, 4) is 11.5 Å². The van der Waals surface area contributed by atoms with Crippen molar-refractivity contribution in [1.82, 2.24) is 14.3 Å². The monoisotopic (exact) mass is 480 g/mol. The summed E-state index contributed by atoms with van der Waals surface area (Å²) in [5, 5.41) is 8.97. The predicted molar refractivity (Wildman–Crippen MR) is 132 cm³/mol. The number of carbonyl (C=O) groups excluding carboxylic acids is 1. The number of hydrogen-bond acceptors (Lipinski definition) is 5. The molecule has 0 aliphatic heterocycles. The number of ether oxygens (including phenoxy) is 2. The molecule has 4 rings (SSSR count). The fourth-order valence-corrected chi connectivity index (χ4v) is 4.20. The quantitative estimate of drug-likeness (QED) is 0.429. The molecule has 0 fully saturated rings. The maximum atomic E-state index is 13.3. The van der Waals surface area contributed by atoms with Crippen molar-refractivity contribution in [2.45, 2.75) is 26.9 Å². The van der Waals surface area contributed by atoms with Gasteiger partial charge in [-0.3, -0.25) is 9.59 Å². The molecule has 0 unspecified atom stereocenters. The van der Waals surface area contributed by atoms with Crippen molar-refractivity contribution in [2.75, 3.05) is 19.5 Å². The summed E-state index contributed by atoms with van der Waals surface area (Å²) >= 11 is 6.34. The Kier molecular flexibility index (Phi) is 6.61. The van der Waals surface area contributed by atoms with E-state index in [-0.39, 0.29) is 12.1 Å². The van der Waals surface area contributed by atoms with Crippen LogP contribution in [0, 0.1) is 13.8 Å². The lowest BCUT2D eigenvalue weighted by Crippen LogP contribution is -2.29. The molecule has 8 nitrogen and oxygen atoms in total. The van der Waals surface area contributed by atoms with Crippen LogP contribution in [0.1, 0.15) is 17.0 Å². The van der Waals surface area contributed by atoms with Gasteiger partial charge < -0.3 is 19.4 Å². The van der Waals surface area contributed by atoms with Gasteiger partial charge in [-0.15, -0.1) is 0 Å². The highest BCUT2D eigenvalue weighted by atomic mass is 35.5. The van der Waals surface area contributed by atoms with Gasteiger partial charge in [-0.05, 0) is 25.5 Å². The van der Waals surface area contributed by atoms with E-state index in [1.165, 1.54) is 18.9 Å². The first-order chi connectivity index (χ1) is 16.3. The Morgan fingerprint density at radius 3 is 2.38 bits per heavy atom. The van der Waals surface area contributed by atoms with Crippen LogP contribution < -0.4 is 20.3 Å². The van der Waals surface area contributed by atoms with Gasteiger partial charge in [0.25, 0.3) is 5.56 Å². The molecule has 9 heteroatoms. The first-order valence-electron chi connectivity index (χ1n) is 10.6. The topological polar surface area (TPSA) is 87.4 Å². The molecule has 1 N–H and O–H groups in total. The molecule has 0 bridgehead atoms. The second kappa shape index (κ2) is 9.61. The molecule has 0 saturated heterocycles. The first-order valence-corrected chi connectivity index (χ1v) is 11.0. The van der Waals surface area contributed by atoms with Gasteiger partial charge in [-0.25, -0.2) is 4.68 Å². The lowest BCUT2D eigenvalue weighted by Gasteiger charge is -2.10. The second-order valence-electron chi connectivity index (χ2n) is 7.89. The maximum Gasteiger partial charge on any atom is 0.276 e. The minimum atomic E-state index is -0.394. The largest absolute Gasteiger partial charge is 0.497 e. The molecule has 176 valence electrons. The smallest absolute Gasteiger partial charge is 0.276 e. The van der Waals surface area contributed by atoms with Crippen LogP contribution in [0.25, 0.3) is 10.8 Å². The molecule has 2 heterocycles. The number of amides is 1. The predicted octanol–water partition coefficient (Wildman–Crippen LogP) is 4.17. The van der Waals surface area contributed by atoms with Crippen LogP contribution >= 0.6 is 11.6 Å². The number of halogens is 1. The third-order valence-corrected chi connectivity index (χ3v) is 6.19. The highest BCUT2D eigenvalue weighted by Gasteiger charge is 2.18. The zero-order chi connectivity index (χ0) is 24.4. The highest BCUT2D eigenvalue weighted by Crippen LogP contribution is 2.27. The van der Waals surface area contributed by atoms with E-state index in [1.807, 2.05) is 42.7 Å². The van der Waals surface area contributed by atoms with Gasteiger partial charge in [0.15, 0.2) is 0 Å². The lowest BCUT2D eigenvalue weighted by atomic mass is 10.2. The van der Waals surface area contributed by atoms with E-state index in [9.17, 15) is 9.59 Å². The molecule has 0 radical (unpaired) electrons. The molecule has 0 saturated carbocycles. The third-order valence-electron chi connectivity index (χ3n) is 5.82. The number of nitrogens with one attached hydrogen (secondary N) is 1. The molecule has 34 heavy (non-hydrogen) atoms. The van der Waals surface area contributed by atoms with Gasteiger partial charge in [-0.2, -0.15) is 5.10 Å². The van der Waals surface area contributed by atoms with E-state index in [2.05, 4.69) is 10.4 Å². The number of fused-ring (bicyclic) bond motifs is 1. The second-order valence-corrected chi connectivity index (χ2v) is 8.30. The fourth-order valence-electron chi connectivity index (χ4n) is 4.01. The molecule has 0 spiro atoms. The number of aromatic nitrogens is 3. The van der Waals surface area contributed by atoms with Crippen molar-refractivity contribution in [3.63, 3.8) is 0 Å². The van der Waals surface area contributed by atoms with Gasteiger partial charge in [0.1, 0.15) is 18.0 Å². The van der Waals surface area contributed by atoms with E-state index in [0.29, 0.717) is 34.1 Å². The molecule has 0 aliphatic carbocycles. The van der Waals surface area contributed by atoms with Gasteiger partial charge in [0.05, 0.1) is 25.8 Å². The highest BCUT2D eigenvalue weighted by molar-refractivity contribution is 6.31. The minimum Gasteiger partial charge on any atom is -0.497 e. The Morgan fingerprint density at radius 1 is 1.06 bits per heavy atom. The normalized spacial score (nSPS) is 11.0. The molecule has 4 aromatic rings. The average Bonchev–Trinajstić information content (AvgIpc) is 3.06. The Bertz CT molecular complexity index is 1420. The lowest BCUT2D eigenvalue weighted by molar-refractivity contribution is -0.117. The van der Waals surface area contributed by atoms with Crippen LogP contribution in [0.4, 0.5) is 5.69 Å². The molecular formula is C25H25ClN4O4. The number of rotatable bonds is 7. The van der Waals surface area contributed by atoms with E-state index < -0.39 is 5.91 Å². The van der Waals surface area contributed by atoms with Crippen LogP contribution in [-0.2, 0) is 17.9 Å². The van der Waals surface area contributed by atoms with Gasteiger partial charge in [-0.1, -0.05) is 29.8 Å². The van der Waals surface area contributed by atoms with Crippen molar-refractivity contribution in [2.24, 2.45) is 0 Å².